The van der Waals surface area contributed by atoms with Gasteiger partial charge in [0.05, 0.1) is 6.10 Å². The minimum Gasteiger partial charge on any atom is -0.387 e. The van der Waals surface area contributed by atoms with Crippen LogP contribution < -0.4 is 5.32 Å². The van der Waals surface area contributed by atoms with Crippen LogP contribution in [-0.2, 0) is 0 Å². The van der Waals surface area contributed by atoms with Crippen LogP contribution in [0.15, 0.2) is 43.0 Å². The van der Waals surface area contributed by atoms with Crippen molar-refractivity contribution in [1.29, 1.82) is 0 Å². The van der Waals surface area contributed by atoms with Crippen molar-refractivity contribution < 1.29 is 5.11 Å². The molecule has 0 aliphatic rings. The van der Waals surface area contributed by atoms with Gasteiger partial charge in [0.1, 0.15) is 12.7 Å². The van der Waals surface area contributed by atoms with Crippen molar-refractivity contribution in [2.75, 3.05) is 11.9 Å². The molecular weight excluding hydrogens is 204 g/mol. The second kappa shape index (κ2) is 5.18. The van der Waals surface area contributed by atoms with Gasteiger partial charge in [-0.1, -0.05) is 30.3 Å². The molecule has 0 spiro atoms. The molecule has 2 aromatic rings. The first kappa shape index (κ1) is 10.5. The highest BCUT2D eigenvalue weighted by molar-refractivity contribution is 5.24. The largest absolute Gasteiger partial charge is 0.387 e. The molecule has 1 atom stereocenters. The lowest BCUT2D eigenvalue weighted by atomic mass is 10.1. The van der Waals surface area contributed by atoms with E-state index in [1.165, 1.54) is 12.7 Å². The number of aliphatic hydroxyl groups is 1. The molecule has 0 amide bonds. The molecule has 0 fully saturated rings. The summed E-state index contributed by atoms with van der Waals surface area (Å²) in [7, 11) is 0. The topological polar surface area (TPSA) is 70.9 Å². The van der Waals surface area contributed by atoms with E-state index in [2.05, 4.69) is 20.3 Å². The first-order valence-electron chi connectivity index (χ1n) is 4.95. The molecular formula is C11H12N4O. The fraction of sp³-hybridized carbons (Fsp3) is 0.182. The second-order valence-electron chi connectivity index (χ2n) is 3.27. The Morgan fingerprint density at radius 3 is 2.50 bits per heavy atom. The summed E-state index contributed by atoms with van der Waals surface area (Å²) in [5, 5.41) is 12.8. The van der Waals surface area contributed by atoms with E-state index in [9.17, 15) is 5.11 Å². The lowest BCUT2D eigenvalue weighted by molar-refractivity contribution is 0.191. The molecule has 82 valence electrons. The Labute approximate surface area is 93.2 Å². The molecule has 0 radical (unpaired) electrons. The predicted octanol–water partition coefficient (Wildman–Crippen LogP) is 1.02. The van der Waals surface area contributed by atoms with E-state index in [1.54, 1.807) is 0 Å². The predicted molar refractivity (Wildman–Crippen MR) is 59.7 cm³/mol. The Morgan fingerprint density at radius 2 is 1.81 bits per heavy atom. The molecule has 2 rings (SSSR count). The molecule has 1 unspecified atom stereocenters. The van der Waals surface area contributed by atoms with Crippen molar-refractivity contribution in [2.45, 2.75) is 6.10 Å². The fourth-order valence-electron chi connectivity index (χ4n) is 1.31. The molecule has 2 N–H and O–H groups in total. The van der Waals surface area contributed by atoms with Gasteiger partial charge in [0.15, 0.2) is 0 Å². The minimum absolute atomic E-state index is 0.369. The van der Waals surface area contributed by atoms with Gasteiger partial charge in [-0.2, -0.15) is 0 Å². The van der Waals surface area contributed by atoms with E-state index >= 15 is 0 Å². The number of nitrogens with zero attached hydrogens (tertiary/aromatic N) is 3. The number of aliphatic hydroxyl groups excluding tert-OH is 1. The van der Waals surface area contributed by atoms with Crippen LogP contribution in [0, 0.1) is 0 Å². The average molecular weight is 216 g/mol. The summed E-state index contributed by atoms with van der Waals surface area (Å²) in [6.45, 7) is 0.369. The number of aromatic nitrogens is 3. The molecule has 5 nitrogen and oxygen atoms in total. The SMILES string of the molecule is OC(CNc1ncncn1)c1ccccc1. The molecule has 0 saturated heterocycles. The number of hydrogen-bond donors (Lipinski definition) is 2. The quantitative estimate of drug-likeness (QED) is 0.798. The summed E-state index contributed by atoms with van der Waals surface area (Å²) in [6, 6.07) is 9.44. The fourth-order valence-corrected chi connectivity index (χ4v) is 1.31. The van der Waals surface area contributed by atoms with Gasteiger partial charge >= 0.3 is 0 Å². The molecule has 0 saturated carbocycles. The van der Waals surface area contributed by atoms with E-state index in [1.807, 2.05) is 30.3 Å². The highest BCUT2D eigenvalue weighted by Crippen LogP contribution is 2.11. The zero-order valence-corrected chi connectivity index (χ0v) is 8.61. The summed E-state index contributed by atoms with van der Waals surface area (Å²) in [6.07, 6.45) is 2.24. The summed E-state index contributed by atoms with van der Waals surface area (Å²) >= 11 is 0. The standard InChI is InChI=1S/C11H12N4O/c16-10(9-4-2-1-3-5-9)6-13-11-14-7-12-8-15-11/h1-5,7-8,10,16H,6H2,(H,12,13,14,15). The molecule has 16 heavy (non-hydrogen) atoms. The number of rotatable bonds is 4. The van der Waals surface area contributed by atoms with E-state index < -0.39 is 6.10 Å². The second-order valence-corrected chi connectivity index (χ2v) is 3.27. The summed E-state index contributed by atoms with van der Waals surface area (Å²) in [4.78, 5) is 11.5. The number of nitrogens with one attached hydrogen (secondary N) is 1. The van der Waals surface area contributed by atoms with Crippen LogP contribution in [0.25, 0.3) is 0 Å². The van der Waals surface area contributed by atoms with Gasteiger partial charge in [-0.3, -0.25) is 0 Å². The summed E-state index contributed by atoms with van der Waals surface area (Å²) in [5.74, 6) is 0.463. The number of hydrogen-bond acceptors (Lipinski definition) is 5. The summed E-state index contributed by atoms with van der Waals surface area (Å²) in [5.41, 5.74) is 0.865. The lowest BCUT2D eigenvalue weighted by Crippen LogP contribution is -2.13. The van der Waals surface area contributed by atoms with E-state index in [0.29, 0.717) is 12.5 Å². The van der Waals surface area contributed by atoms with Crippen LogP contribution in [0.1, 0.15) is 11.7 Å². The molecule has 5 heteroatoms. The van der Waals surface area contributed by atoms with Gasteiger partial charge in [0, 0.05) is 6.54 Å². The first-order chi connectivity index (χ1) is 7.86. The Morgan fingerprint density at radius 1 is 1.12 bits per heavy atom. The maximum Gasteiger partial charge on any atom is 0.225 e. The zero-order chi connectivity index (χ0) is 11.2. The van der Waals surface area contributed by atoms with Gasteiger partial charge in [0.25, 0.3) is 0 Å². The van der Waals surface area contributed by atoms with E-state index in [-0.39, 0.29) is 0 Å². The Balaban J connectivity index is 1.92. The van der Waals surface area contributed by atoms with Crippen molar-refractivity contribution in [3.8, 4) is 0 Å². The Kier molecular flexibility index (Phi) is 3.40. The van der Waals surface area contributed by atoms with Crippen molar-refractivity contribution >= 4 is 5.95 Å². The monoisotopic (exact) mass is 216 g/mol. The van der Waals surface area contributed by atoms with Gasteiger partial charge in [0.2, 0.25) is 5.95 Å². The zero-order valence-electron chi connectivity index (χ0n) is 8.61. The maximum atomic E-state index is 9.85. The molecule has 1 heterocycles. The maximum absolute atomic E-state index is 9.85. The smallest absolute Gasteiger partial charge is 0.225 e. The van der Waals surface area contributed by atoms with Crippen molar-refractivity contribution in [3.63, 3.8) is 0 Å². The van der Waals surface area contributed by atoms with Gasteiger partial charge in [-0.15, -0.1) is 0 Å². The Hall–Kier alpha value is -2.01. The van der Waals surface area contributed by atoms with Crippen LogP contribution in [0.5, 0.6) is 0 Å². The highest BCUT2D eigenvalue weighted by Gasteiger charge is 2.06. The third-order valence-electron chi connectivity index (χ3n) is 2.13. The molecule has 0 bridgehead atoms. The van der Waals surface area contributed by atoms with Crippen LogP contribution in [0.4, 0.5) is 5.95 Å². The highest BCUT2D eigenvalue weighted by atomic mass is 16.3. The van der Waals surface area contributed by atoms with Gasteiger partial charge < -0.3 is 10.4 Å². The van der Waals surface area contributed by atoms with Crippen molar-refractivity contribution in [1.82, 2.24) is 15.0 Å². The molecule has 1 aromatic heterocycles. The molecule has 0 aliphatic carbocycles. The third kappa shape index (κ3) is 2.74. The lowest BCUT2D eigenvalue weighted by Gasteiger charge is -2.11. The average Bonchev–Trinajstić information content (AvgIpc) is 2.38. The van der Waals surface area contributed by atoms with Gasteiger partial charge in [-0.05, 0) is 5.56 Å². The van der Waals surface area contributed by atoms with Crippen LogP contribution in [0.2, 0.25) is 0 Å². The van der Waals surface area contributed by atoms with Crippen molar-refractivity contribution in [2.24, 2.45) is 0 Å². The minimum atomic E-state index is -0.571. The van der Waals surface area contributed by atoms with E-state index in [4.69, 9.17) is 0 Å². The first-order valence-corrected chi connectivity index (χ1v) is 4.95. The van der Waals surface area contributed by atoms with Crippen LogP contribution >= 0.6 is 0 Å². The Bertz CT molecular complexity index is 421. The van der Waals surface area contributed by atoms with E-state index in [0.717, 1.165) is 5.56 Å². The normalized spacial score (nSPS) is 12.1. The van der Waals surface area contributed by atoms with Gasteiger partial charge in [-0.25, -0.2) is 15.0 Å². The molecule has 0 aliphatic heterocycles. The number of anilines is 1. The molecule has 1 aromatic carbocycles. The van der Waals surface area contributed by atoms with Crippen LogP contribution in [0.3, 0.4) is 0 Å². The number of benzene rings is 1. The van der Waals surface area contributed by atoms with Crippen molar-refractivity contribution in [3.05, 3.63) is 48.5 Å². The van der Waals surface area contributed by atoms with Crippen LogP contribution in [-0.4, -0.2) is 26.6 Å². The third-order valence-corrected chi connectivity index (χ3v) is 2.13. The summed E-state index contributed by atoms with van der Waals surface area (Å²) < 4.78 is 0.